The number of Topliss-reactive ketones (excluding diaryl/α,β-unsaturated/α-hetero) is 1. The predicted octanol–water partition coefficient (Wildman–Crippen LogP) is 4.33. The number of ether oxygens (including phenoxy) is 1. The molecule has 0 radical (unpaired) electrons. The highest BCUT2D eigenvalue weighted by Gasteiger charge is 2.36. The third kappa shape index (κ3) is 3.59. The van der Waals surface area contributed by atoms with Gasteiger partial charge in [-0.25, -0.2) is 4.98 Å². The van der Waals surface area contributed by atoms with E-state index in [1.54, 1.807) is 18.3 Å². The minimum absolute atomic E-state index is 0.267. The van der Waals surface area contributed by atoms with E-state index in [0.29, 0.717) is 5.02 Å². The van der Waals surface area contributed by atoms with E-state index in [9.17, 15) is 9.18 Å². The van der Waals surface area contributed by atoms with E-state index in [2.05, 4.69) is 4.98 Å². The average molecular weight is 345 g/mol. The molecule has 4 nitrogen and oxygen atoms in total. The number of hydrogen-bond acceptors (Lipinski definition) is 3. The molecule has 0 aliphatic rings. The van der Waals surface area contributed by atoms with Gasteiger partial charge in [0, 0.05) is 17.4 Å². The lowest BCUT2D eigenvalue weighted by Crippen LogP contribution is -2.37. The Labute approximate surface area is 137 Å². The van der Waals surface area contributed by atoms with Crippen molar-refractivity contribution >= 4 is 29.0 Å². The van der Waals surface area contributed by atoms with Crippen molar-refractivity contribution in [3.05, 3.63) is 47.0 Å². The average Bonchev–Trinajstić information content (AvgIpc) is 3.00. The fourth-order valence-electron chi connectivity index (χ4n) is 1.75. The first-order chi connectivity index (χ1) is 10.3. The van der Waals surface area contributed by atoms with Gasteiger partial charge in [0.2, 0.25) is 12.0 Å². The highest BCUT2D eigenvalue weighted by molar-refractivity contribution is 6.35. The molecule has 1 heterocycles. The van der Waals surface area contributed by atoms with E-state index in [4.69, 9.17) is 27.9 Å². The zero-order valence-electron chi connectivity index (χ0n) is 12.1. The Kier molecular flexibility index (Phi) is 5.08. The van der Waals surface area contributed by atoms with Crippen LogP contribution in [-0.4, -0.2) is 22.0 Å². The number of benzene rings is 1. The number of carbonyl (C=O) groups is 1. The van der Waals surface area contributed by atoms with Crippen LogP contribution in [0.15, 0.2) is 36.9 Å². The molecule has 1 aromatic heterocycles. The van der Waals surface area contributed by atoms with Crippen molar-refractivity contribution in [2.75, 3.05) is 6.67 Å². The molecule has 0 saturated carbocycles. The summed E-state index contributed by atoms with van der Waals surface area (Å²) in [6.07, 6.45) is 3.45. The van der Waals surface area contributed by atoms with Gasteiger partial charge in [0.1, 0.15) is 12.4 Å². The molecular formula is C15H15Cl2FN2O2. The van der Waals surface area contributed by atoms with Crippen LogP contribution in [0.25, 0.3) is 0 Å². The minimum Gasteiger partial charge on any atom is -0.461 e. The third-order valence-electron chi connectivity index (χ3n) is 3.15. The molecule has 0 amide bonds. The number of halogens is 3. The van der Waals surface area contributed by atoms with Crippen LogP contribution in [0.3, 0.4) is 0 Å². The SMILES string of the molecule is CC(C)(CF)C(=O)C(Oc1ccc(Cl)cc1Cl)n1ccnc1. The van der Waals surface area contributed by atoms with Crippen molar-refractivity contribution in [3.63, 3.8) is 0 Å². The number of alkyl halides is 1. The highest BCUT2D eigenvalue weighted by atomic mass is 35.5. The van der Waals surface area contributed by atoms with Gasteiger partial charge >= 0.3 is 0 Å². The summed E-state index contributed by atoms with van der Waals surface area (Å²) >= 11 is 11.9. The van der Waals surface area contributed by atoms with Crippen LogP contribution < -0.4 is 4.74 Å². The molecule has 7 heteroatoms. The summed E-state index contributed by atoms with van der Waals surface area (Å²) in [5.41, 5.74) is -1.19. The normalized spacial score (nSPS) is 13.0. The first kappa shape index (κ1) is 16.8. The third-order valence-corrected chi connectivity index (χ3v) is 3.68. The Balaban J connectivity index is 2.36. The maximum Gasteiger partial charge on any atom is 0.237 e. The van der Waals surface area contributed by atoms with Gasteiger partial charge in [0.15, 0.2) is 0 Å². The van der Waals surface area contributed by atoms with Crippen LogP contribution in [0.5, 0.6) is 5.75 Å². The molecule has 0 spiro atoms. The van der Waals surface area contributed by atoms with Gasteiger partial charge in [0.25, 0.3) is 0 Å². The molecule has 0 N–H and O–H groups in total. The Hall–Kier alpha value is -1.59. The largest absolute Gasteiger partial charge is 0.461 e. The van der Waals surface area contributed by atoms with Gasteiger partial charge in [-0.1, -0.05) is 37.0 Å². The van der Waals surface area contributed by atoms with Crippen molar-refractivity contribution in [1.29, 1.82) is 0 Å². The van der Waals surface area contributed by atoms with Crippen LogP contribution in [0.1, 0.15) is 20.1 Å². The van der Waals surface area contributed by atoms with Gasteiger partial charge < -0.3 is 4.74 Å². The quantitative estimate of drug-likeness (QED) is 0.783. The fourth-order valence-corrected chi connectivity index (χ4v) is 2.20. The molecule has 0 saturated heterocycles. The van der Waals surface area contributed by atoms with Gasteiger partial charge in [-0.2, -0.15) is 0 Å². The van der Waals surface area contributed by atoms with E-state index in [1.807, 2.05) is 0 Å². The second kappa shape index (κ2) is 6.67. The number of imidazole rings is 1. The molecule has 0 fully saturated rings. The first-order valence-corrected chi connectivity index (χ1v) is 7.30. The van der Waals surface area contributed by atoms with E-state index in [0.717, 1.165) is 0 Å². The van der Waals surface area contributed by atoms with Crippen LogP contribution in [-0.2, 0) is 4.79 Å². The van der Waals surface area contributed by atoms with Gasteiger partial charge in [0.05, 0.1) is 16.8 Å². The van der Waals surface area contributed by atoms with Crippen LogP contribution >= 0.6 is 23.2 Å². The van der Waals surface area contributed by atoms with Crippen molar-refractivity contribution < 1.29 is 13.9 Å². The van der Waals surface area contributed by atoms with Crippen molar-refractivity contribution in [2.24, 2.45) is 5.41 Å². The Bertz CT molecular complexity index is 660. The van der Waals surface area contributed by atoms with Crippen LogP contribution in [0.2, 0.25) is 10.0 Å². The van der Waals surface area contributed by atoms with E-state index >= 15 is 0 Å². The Morgan fingerprint density at radius 2 is 2.18 bits per heavy atom. The fraction of sp³-hybridized carbons (Fsp3) is 0.333. The molecule has 0 aliphatic carbocycles. The van der Waals surface area contributed by atoms with E-state index < -0.39 is 24.1 Å². The first-order valence-electron chi connectivity index (χ1n) is 6.54. The lowest BCUT2D eigenvalue weighted by Gasteiger charge is -2.27. The molecular weight excluding hydrogens is 330 g/mol. The summed E-state index contributed by atoms with van der Waals surface area (Å²) in [7, 11) is 0. The molecule has 0 bridgehead atoms. The summed E-state index contributed by atoms with van der Waals surface area (Å²) in [6, 6.07) is 4.66. The minimum atomic E-state index is -1.19. The summed E-state index contributed by atoms with van der Waals surface area (Å²) in [5.74, 6) is -0.133. The maximum absolute atomic E-state index is 13.1. The number of rotatable bonds is 6. The lowest BCUT2D eigenvalue weighted by molar-refractivity contribution is -0.139. The van der Waals surface area contributed by atoms with Gasteiger partial charge in [-0.15, -0.1) is 0 Å². The summed E-state index contributed by atoms with van der Waals surface area (Å²) < 4.78 is 20.3. The molecule has 1 atom stereocenters. The van der Waals surface area contributed by atoms with Crippen molar-refractivity contribution in [1.82, 2.24) is 9.55 Å². The number of nitrogens with zero attached hydrogens (tertiary/aromatic N) is 2. The molecule has 1 unspecified atom stereocenters. The Morgan fingerprint density at radius 3 is 2.73 bits per heavy atom. The number of hydrogen-bond donors (Lipinski definition) is 0. The second-order valence-electron chi connectivity index (χ2n) is 5.44. The molecule has 22 heavy (non-hydrogen) atoms. The number of ketones is 1. The topological polar surface area (TPSA) is 44.1 Å². The second-order valence-corrected chi connectivity index (χ2v) is 6.28. The lowest BCUT2D eigenvalue weighted by atomic mass is 9.88. The summed E-state index contributed by atoms with van der Waals surface area (Å²) in [5, 5.41) is 0.718. The monoisotopic (exact) mass is 344 g/mol. The number of carbonyl (C=O) groups excluding carboxylic acids is 1. The molecule has 0 aliphatic heterocycles. The zero-order valence-corrected chi connectivity index (χ0v) is 13.6. The zero-order chi connectivity index (χ0) is 16.3. The van der Waals surface area contributed by atoms with E-state index in [1.165, 1.54) is 37.0 Å². The number of aromatic nitrogens is 2. The molecule has 118 valence electrons. The van der Waals surface area contributed by atoms with Gasteiger partial charge in [-0.05, 0) is 18.2 Å². The van der Waals surface area contributed by atoms with Crippen LogP contribution in [0, 0.1) is 5.41 Å². The smallest absolute Gasteiger partial charge is 0.237 e. The Morgan fingerprint density at radius 1 is 1.45 bits per heavy atom. The van der Waals surface area contributed by atoms with Crippen molar-refractivity contribution in [2.45, 2.75) is 20.1 Å². The highest BCUT2D eigenvalue weighted by Crippen LogP contribution is 2.33. The standard InChI is InChI=1S/C15H15Cl2FN2O2/c1-15(2,8-18)13(21)14(20-6-5-19-9-20)22-12-4-3-10(16)7-11(12)17/h3-7,9,14H,8H2,1-2H3. The van der Waals surface area contributed by atoms with Gasteiger partial charge in [-0.3, -0.25) is 13.8 Å². The summed E-state index contributed by atoms with van der Waals surface area (Å²) in [6.45, 7) is 2.24. The maximum atomic E-state index is 13.1. The van der Waals surface area contributed by atoms with Crippen molar-refractivity contribution in [3.8, 4) is 5.75 Å². The predicted molar refractivity (Wildman–Crippen MR) is 83.1 cm³/mol. The van der Waals surface area contributed by atoms with Crippen LogP contribution in [0.4, 0.5) is 4.39 Å². The summed E-state index contributed by atoms with van der Waals surface area (Å²) in [4.78, 5) is 16.5. The molecule has 2 rings (SSSR count). The molecule has 2 aromatic rings. The molecule has 1 aromatic carbocycles. The van der Waals surface area contributed by atoms with E-state index in [-0.39, 0.29) is 10.8 Å².